The van der Waals surface area contributed by atoms with Crippen LogP contribution in [0, 0.1) is 6.92 Å². The van der Waals surface area contributed by atoms with Crippen molar-refractivity contribution in [3.8, 4) is 0 Å². The summed E-state index contributed by atoms with van der Waals surface area (Å²) in [5, 5.41) is 15.7. The predicted octanol–water partition coefficient (Wildman–Crippen LogP) is 1.48. The number of urea groups is 1. The molecule has 0 saturated carbocycles. The van der Waals surface area contributed by atoms with Crippen LogP contribution in [-0.4, -0.2) is 41.1 Å². The number of amides is 3. The normalized spacial score (nSPS) is 11.7. The monoisotopic (exact) mass is 331 g/mol. The minimum Gasteiger partial charge on any atom is -0.477 e. The van der Waals surface area contributed by atoms with Crippen LogP contribution in [0.3, 0.4) is 0 Å². The van der Waals surface area contributed by atoms with Gasteiger partial charge in [0, 0.05) is 0 Å². The van der Waals surface area contributed by atoms with Crippen LogP contribution in [0.4, 0.5) is 10.5 Å². The number of anilines is 1. The molecule has 21 heavy (non-hydrogen) atoms. The molecular weight excluding hydrogens is 314 g/mol. The summed E-state index contributed by atoms with van der Waals surface area (Å²) in [4.78, 5) is 34.3. The number of thiophene rings is 1. The second-order valence-electron chi connectivity index (χ2n) is 4.26. The molecule has 0 aliphatic carbocycles. The maximum atomic E-state index is 12.2. The summed E-state index contributed by atoms with van der Waals surface area (Å²) >= 11 is 2.57. The van der Waals surface area contributed by atoms with Crippen LogP contribution < -0.4 is 16.4 Å². The number of aromatic carboxylic acids is 1. The largest absolute Gasteiger partial charge is 0.477 e. The molecule has 1 rings (SSSR count). The van der Waals surface area contributed by atoms with Crippen molar-refractivity contribution in [3.63, 3.8) is 0 Å². The van der Waals surface area contributed by atoms with Gasteiger partial charge in [-0.1, -0.05) is 0 Å². The van der Waals surface area contributed by atoms with Gasteiger partial charge in [-0.25, -0.2) is 9.59 Å². The molecule has 9 heteroatoms. The standard InChI is InChI=1S/C12H17N3O4S2/c1-6-5-21-9(11(17)18)8(6)15-10(16)7(3-4-20-2)14-12(13)19/h5,7H,3-4H2,1-2H3,(H,15,16)(H,17,18)(H3,13,14,19). The van der Waals surface area contributed by atoms with E-state index in [1.165, 1.54) is 11.8 Å². The molecule has 5 N–H and O–H groups in total. The summed E-state index contributed by atoms with van der Waals surface area (Å²) in [6, 6.07) is -1.59. The van der Waals surface area contributed by atoms with Gasteiger partial charge in [0.15, 0.2) is 0 Å². The smallest absolute Gasteiger partial charge is 0.348 e. The Morgan fingerprint density at radius 1 is 1.48 bits per heavy atom. The lowest BCUT2D eigenvalue weighted by Gasteiger charge is -2.17. The third-order valence-electron chi connectivity index (χ3n) is 2.66. The van der Waals surface area contributed by atoms with Gasteiger partial charge in [0.1, 0.15) is 10.9 Å². The van der Waals surface area contributed by atoms with Gasteiger partial charge in [0.2, 0.25) is 5.91 Å². The number of nitrogens with one attached hydrogen (secondary N) is 2. The number of thioether (sulfide) groups is 1. The van der Waals surface area contributed by atoms with Crippen LogP contribution in [0.25, 0.3) is 0 Å². The molecule has 1 aromatic rings. The zero-order valence-corrected chi connectivity index (χ0v) is 13.3. The number of nitrogens with two attached hydrogens (primary N) is 1. The first-order chi connectivity index (χ1) is 9.86. The molecule has 1 atom stereocenters. The van der Waals surface area contributed by atoms with Crippen molar-refractivity contribution < 1.29 is 19.5 Å². The van der Waals surface area contributed by atoms with Crippen molar-refractivity contribution in [2.75, 3.05) is 17.3 Å². The summed E-state index contributed by atoms with van der Waals surface area (Å²) in [6.45, 7) is 1.71. The van der Waals surface area contributed by atoms with Crippen molar-refractivity contribution in [1.29, 1.82) is 0 Å². The Bertz CT molecular complexity index is 545. The first-order valence-corrected chi connectivity index (χ1v) is 8.31. The molecule has 1 aromatic heterocycles. The number of carboxylic acid groups (broad SMARTS) is 1. The van der Waals surface area contributed by atoms with Crippen molar-refractivity contribution >= 4 is 46.7 Å². The third-order valence-corrected chi connectivity index (χ3v) is 4.39. The van der Waals surface area contributed by atoms with Crippen molar-refractivity contribution in [1.82, 2.24) is 5.32 Å². The average molecular weight is 331 g/mol. The maximum absolute atomic E-state index is 12.2. The fourth-order valence-corrected chi connectivity index (χ4v) is 2.96. The predicted molar refractivity (Wildman–Crippen MR) is 84.2 cm³/mol. The zero-order valence-electron chi connectivity index (χ0n) is 11.6. The number of rotatable bonds is 7. The van der Waals surface area contributed by atoms with E-state index in [4.69, 9.17) is 10.8 Å². The number of aryl methyl sites for hydroxylation is 1. The van der Waals surface area contributed by atoms with Crippen LogP contribution in [0.5, 0.6) is 0 Å². The van der Waals surface area contributed by atoms with E-state index in [-0.39, 0.29) is 10.6 Å². The van der Waals surface area contributed by atoms with Crippen LogP contribution in [-0.2, 0) is 4.79 Å². The number of primary amides is 1. The molecule has 3 amide bonds. The van der Waals surface area contributed by atoms with E-state index < -0.39 is 23.9 Å². The molecule has 0 saturated heterocycles. The van der Waals surface area contributed by atoms with E-state index in [9.17, 15) is 14.4 Å². The molecule has 116 valence electrons. The molecule has 0 aliphatic heterocycles. The van der Waals surface area contributed by atoms with Gasteiger partial charge in [-0.3, -0.25) is 4.79 Å². The van der Waals surface area contributed by atoms with Crippen molar-refractivity contribution in [3.05, 3.63) is 15.8 Å². The van der Waals surface area contributed by atoms with Gasteiger partial charge in [-0.05, 0) is 36.3 Å². The maximum Gasteiger partial charge on any atom is 0.348 e. The molecule has 0 radical (unpaired) electrons. The molecule has 0 aromatic carbocycles. The van der Waals surface area contributed by atoms with E-state index >= 15 is 0 Å². The number of carboxylic acids is 1. The summed E-state index contributed by atoms with van der Waals surface area (Å²) < 4.78 is 0. The summed E-state index contributed by atoms with van der Waals surface area (Å²) in [5.74, 6) is -0.925. The van der Waals surface area contributed by atoms with E-state index in [2.05, 4.69) is 10.6 Å². The lowest BCUT2D eigenvalue weighted by atomic mass is 10.2. The minimum absolute atomic E-state index is 0.0588. The molecule has 7 nitrogen and oxygen atoms in total. The molecule has 0 bridgehead atoms. The quantitative estimate of drug-likeness (QED) is 0.603. The first-order valence-electron chi connectivity index (χ1n) is 6.04. The van der Waals surface area contributed by atoms with Crippen molar-refractivity contribution in [2.24, 2.45) is 5.73 Å². The van der Waals surface area contributed by atoms with Crippen LogP contribution in [0.1, 0.15) is 21.7 Å². The van der Waals surface area contributed by atoms with Crippen LogP contribution >= 0.6 is 23.1 Å². The number of hydrogen-bond acceptors (Lipinski definition) is 5. The molecule has 0 aliphatic rings. The van der Waals surface area contributed by atoms with Gasteiger partial charge >= 0.3 is 12.0 Å². The minimum atomic E-state index is -1.10. The summed E-state index contributed by atoms with van der Waals surface area (Å²) in [6.07, 6.45) is 2.28. The average Bonchev–Trinajstić information content (AvgIpc) is 2.75. The third kappa shape index (κ3) is 4.94. The lowest BCUT2D eigenvalue weighted by molar-refractivity contribution is -0.117. The summed E-state index contributed by atoms with van der Waals surface area (Å²) in [5.41, 5.74) is 5.98. The lowest BCUT2D eigenvalue weighted by Crippen LogP contribution is -2.46. The van der Waals surface area contributed by atoms with Gasteiger partial charge in [0.25, 0.3) is 0 Å². The second-order valence-corrected chi connectivity index (χ2v) is 6.13. The Balaban J connectivity index is 2.88. The molecule has 0 fully saturated rings. The van der Waals surface area contributed by atoms with Gasteiger partial charge in [-0.2, -0.15) is 11.8 Å². The second kappa shape index (κ2) is 7.89. The molecular formula is C12H17N3O4S2. The highest BCUT2D eigenvalue weighted by Crippen LogP contribution is 2.27. The van der Waals surface area contributed by atoms with Gasteiger partial charge in [-0.15, -0.1) is 11.3 Å². The van der Waals surface area contributed by atoms with Gasteiger partial charge < -0.3 is 21.5 Å². The number of hydrogen-bond donors (Lipinski definition) is 4. The zero-order chi connectivity index (χ0) is 16.0. The van der Waals surface area contributed by atoms with Crippen molar-refractivity contribution in [2.45, 2.75) is 19.4 Å². The number of carbonyl (C=O) groups is 3. The Morgan fingerprint density at radius 2 is 2.14 bits per heavy atom. The highest BCUT2D eigenvalue weighted by molar-refractivity contribution is 7.98. The fourth-order valence-electron chi connectivity index (χ4n) is 1.64. The van der Waals surface area contributed by atoms with E-state index in [1.807, 2.05) is 6.26 Å². The fraction of sp³-hybridized carbons (Fsp3) is 0.417. The Morgan fingerprint density at radius 3 is 2.67 bits per heavy atom. The van der Waals surface area contributed by atoms with E-state index in [0.29, 0.717) is 17.7 Å². The highest BCUT2D eigenvalue weighted by atomic mass is 32.2. The van der Waals surface area contributed by atoms with E-state index in [0.717, 1.165) is 11.3 Å². The first kappa shape index (κ1) is 17.3. The van der Waals surface area contributed by atoms with Crippen LogP contribution in [0.2, 0.25) is 0 Å². The Hall–Kier alpha value is -1.74. The molecule has 1 heterocycles. The Labute approximate surface area is 130 Å². The highest BCUT2D eigenvalue weighted by Gasteiger charge is 2.23. The van der Waals surface area contributed by atoms with Gasteiger partial charge in [0.05, 0.1) is 5.69 Å². The topological polar surface area (TPSA) is 122 Å². The van der Waals surface area contributed by atoms with E-state index in [1.54, 1.807) is 12.3 Å². The molecule has 1 unspecified atom stereocenters. The Kier molecular flexibility index (Phi) is 6.50. The number of carbonyl (C=O) groups excluding carboxylic acids is 2. The van der Waals surface area contributed by atoms with Crippen LogP contribution in [0.15, 0.2) is 5.38 Å². The SMILES string of the molecule is CSCCC(NC(N)=O)C(=O)Nc1c(C)csc1C(=O)O. The molecule has 0 spiro atoms. The summed E-state index contributed by atoms with van der Waals surface area (Å²) in [7, 11) is 0.